The molecule has 31 heavy (non-hydrogen) atoms. The van der Waals surface area contributed by atoms with Crippen LogP contribution < -0.4 is 5.32 Å². The van der Waals surface area contributed by atoms with Crippen molar-refractivity contribution in [2.75, 3.05) is 6.26 Å². The summed E-state index contributed by atoms with van der Waals surface area (Å²) in [4.78, 5) is 17.3. The molecule has 0 aliphatic carbocycles. The molecule has 4 aromatic rings. The molecule has 7 nitrogen and oxygen atoms in total. The molecule has 2 aromatic carbocycles. The lowest BCUT2D eigenvalue weighted by atomic mass is 10.1. The van der Waals surface area contributed by atoms with Crippen LogP contribution in [0.4, 0.5) is 4.39 Å². The van der Waals surface area contributed by atoms with E-state index in [0.717, 1.165) is 6.26 Å². The lowest BCUT2D eigenvalue weighted by Crippen LogP contribution is -2.27. The Morgan fingerprint density at radius 3 is 2.55 bits per heavy atom. The van der Waals surface area contributed by atoms with Gasteiger partial charge in [-0.1, -0.05) is 12.1 Å². The number of nitrogens with one attached hydrogen (secondary N) is 1. The first-order valence-corrected chi connectivity index (χ1v) is 11.3. The second-order valence-electron chi connectivity index (χ2n) is 7.19. The minimum Gasteiger partial charge on any atom is -0.345 e. The molecule has 1 N–H and O–H groups in total. The van der Waals surface area contributed by atoms with E-state index >= 15 is 0 Å². The molecule has 0 saturated carbocycles. The highest BCUT2D eigenvalue weighted by atomic mass is 32.2. The van der Waals surface area contributed by atoms with Gasteiger partial charge in [-0.3, -0.25) is 9.78 Å². The van der Waals surface area contributed by atoms with Gasteiger partial charge >= 0.3 is 0 Å². The molecule has 0 bridgehead atoms. The Bertz CT molecular complexity index is 1380. The van der Waals surface area contributed by atoms with Crippen LogP contribution in [0.25, 0.3) is 16.6 Å². The number of aromatic nitrogens is 3. The van der Waals surface area contributed by atoms with Crippen molar-refractivity contribution in [2.45, 2.75) is 17.9 Å². The monoisotopic (exact) mass is 438 g/mol. The summed E-state index contributed by atoms with van der Waals surface area (Å²) in [6.45, 7) is 1.77. The largest absolute Gasteiger partial charge is 0.345 e. The summed E-state index contributed by atoms with van der Waals surface area (Å²) in [6.07, 6.45) is 5.74. The Morgan fingerprint density at radius 2 is 1.84 bits per heavy atom. The maximum Gasteiger partial charge on any atom is 0.254 e. The molecule has 0 saturated heterocycles. The van der Waals surface area contributed by atoms with E-state index in [4.69, 9.17) is 0 Å². The SMILES string of the molecule is CC(NC(=O)c1cncc2c1cnn2-c1ccc(F)cc1)c1cccc(S(C)(=O)=O)c1. The van der Waals surface area contributed by atoms with Crippen LogP contribution in [0, 0.1) is 5.82 Å². The number of pyridine rings is 1. The molecule has 0 spiro atoms. The summed E-state index contributed by atoms with van der Waals surface area (Å²) < 4.78 is 38.4. The van der Waals surface area contributed by atoms with Gasteiger partial charge in [-0.2, -0.15) is 5.10 Å². The van der Waals surface area contributed by atoms with Crippen molar-refractivity contribution in [3.05, 3.63) is 84.1 Å². The normalized spacial score (nSPS) is 12.6. The van der Waals surface area contributed by atoms with E-state index in [9.17, 15) is 17.6 Å². The van der Waals surface area contributed by atoms with Gasteiger partial charge in [0.2, 0.25) is 0 Å². The maximum atomic E-state index is 13.2. The quantitative estimate of drug-likeness (QED) is 0.515. The second kappa shape index (κ2) is 7.92. The number of hydrogen-bond acceptors (Lipinski definition) is 5. The molecule has 0 aliphatic heterocycles. The minimum atomic E-state index is -3.35. The van der Waals surface area contributed by atoms with Crippen molar-refractivity contribution in [3.63, 3.8) is 0 Å². The highest BCUT2D eigenvalue weighted by Gasteiger charge is 2.18. The topological polar surface area (TPSA) is 93.9 Å². The average molecular weight is 438 g/mol. The van der Waals surface area contributed by atoms with Crippen LogP contribution in [-0.4, -0.2) is 35.3 Å². The molecule has 0 aliphatic rings. The van der Waals surface area contributed by atoms with Crippen molar-refractivity contribution in [2.24, 2.45) is 0 Å². The summed E-state index contributed by atoms with van der Waals surface area (Å²) in [5, 5.41) is 7.79. The van der Waals surface area contributed by atoms with E-state index in [0.29, 0.717) is 27.7 Å². The molecule has 9 heteroatoms. The third-order valence-corrected chi connectivity index (χ3v) is 6.06. The highest BCUT2D eigenvalue weighted by molar-refractivity contribution is 7.90. The predicted octanol–water partition coefficient (Wildman–Crippen LogP) is 3.45. The Kier molecular flexibility index (Phi) is 5.28. The van der Waals surface area contributed by atoms with E-state index in [1.807, 2.05) is 0 Å². The predicted molar refractivity (Wildman–Crippen MR) is 114 cm³/mol. The number of halogens is 1. The van der Waals surface area contributed by atoms with Crippen LogP contribution in [0.15, 0.2) is 72.0 Å². The minimum absolute atomic E-state index is 0.190. The number of benzene rings is 2. The number of carbonyl (C=O) groups excluding carboxylic acids is 1. The molecular formula is C22H19FN4O3S. The number of sulfone groups is 1. The summed E-state index contributed by atoms with van der Waals surface area (Å²) in [5.41, 5.74) is 2.24. The van der Waals surface area contributed by atoms with Gasteiger partial charge in [0.25, 0.3) is 5.91 Å². The van der Waals surface area contributed by atoms with Crippen molar-refractivity contribution >= 4 is 26.6 Å². The van der Waals surface area contributed by atoms with Crippen molar-refractivity contribution in [1.82, 2.24) is 20.1 Å². The van der Waals surface area contributed by atoms with Crippen molar-refractivity contribution in [1.29, 1.82) is 0 Å². The lowest BCUT2D eigenvalue weighted by molar-refractivity contribution is 0.0941. The molecule has 0 fully saturated rings. The summed E-state index contributed by atoms with van der Waals surface area (Å²) in [5.74, 6) is -0.721. The summed E-state index contributed by atoms with van der Waals surface area (Å²) in [7, 11) is -3.35. The number of amides is 1. The highest BCUT2D eigenvalue weighted by Crippen LogP contribution is 2.23. The molecule has 1 unspecified atom stereocenters. The van der Waals surface area contributed by atoms with Gasteiger partial charge in [0.15, 0.2) is 9.84 Å². The average Bonchev–Trinajstić information content (AvgIpc) is 3.18. The van der Waals surface area contributed by atoms with E-state index in [-0.39, 0.29) is 16.6 Å². The fourth-order valence-corrected chi connectivity index (χ4v) is 3.96. The van der Waals surface area contributed by atoms with Crippen LogP contribution in [-0.2, 0) is 9.84 Å². The number of hydrogen-bond donors (Lipinski definition) is 1. The van der Waals surface area contributed by atoms with Gasteiger partial charge in [-0.15, -0.1) is 0 Å². The third-order valence-electron chi connectivity index (χ3n) is 4.95. The Labute approximate surface area is 178 Å². The Balaban J connectivity index is 1.63. The van der Waals surface area contributed by atoms with Crippen LogP contribution in [0.1, 0.15) is 28.9 Å². The van der Waals surface area contributed by atoms with Crippen LogP contribution in [0.2, 0.25) is 0 Å². The van der Waals surface area contributed by atoms with Crippen molar-refractivity contribution < 1.29 is 17.6 Å². The van der Waals surface area contributed by atoms with Gasteiger partial charge < -0.3 is 5.32 Å². The molecule has 1 atom stereocenters. The summed E-state index contributed by atoms with van der Waals surface area (Å²) >= 11 is 0. The van der Waals surface area contributed by atoms with Crippen molar-refractivity contribution in [3.8, 4) is 5.69 Å². The third kappa shape index (κ3) is 4.17. The van der Waals surface area contributed by atoms with Crippen LogP contribution in [0.3, 0.4) is 0 Å². The zero-order chi connectivity index (χ0) is 22.2. The van der Waals surface area contributed by atoms with Gasteiger partial charge in [0, 0.05) is 17.8 Å². The smallest absolute Gasteiger partial charge is 0.254 e. The lowest BCUT2D eigenvalue weighted by Gasteiger charge is -2.15. The summed E-state index contributed by atoms with van der Waals surface area (Å²) in [6, 6.07) is 11.9. The first-order valence-electron chi connectivity index (χ1n) is 9.42. The zero-order valence-electron chi connectivity index (χ0n) is 16.8. The second-order valence-corrected chi connectivity index (χ2v) is 9.21. The fourth-order valence-electron chi connectivity index (χ4n) is 3.28. The van der Waals surface area contributed by atoms with Crippen LogP contribution in [0.5, 0.6) is 0 Å². The Morgan fingerprint density at radius 1 is 1.10 bits per heavy atom. The first kappa shape index (κ1) is 20.7. The number of rotatable bonds is 5. The fraction of sp³-hybridized carbons (Fsp3) is 0.136. The van der Waals surface area contributed by atoms with Crippen LogP contribution >= 0.6 is 0 Å². The Hall–Kier alpha value is -3.59. The van der Waals surface area contributed by atoms with Gasteiger partial charge in [-0.25, -0.2) is 17.5 Å². The number of fused-ring (bicyclic) bond motifs is 1. The molecule has 4 rings (SSSR count). The molecular weight excluding hydrogens is 419 g/mol. The van der Waals surface area contributed by atoms with Gasteiger partial charge in [0.1, 0.15) is 5.82 Å². The molecule has 2 aromatic heterocycles. The molecule has 1 amide bonds. The van der Waals surface area contributed by atoms with Gasteiger partial charge in [0.05, 0.1) is 40.1 Å². The van der Waals surface area contributed by atoms with E-state index < -0.39 is 15.9 Å². The van der Waals surface area contributed by atoms with Gasteiger partial charge in [-0.05, 0) is 48.9 Å². The van der Waals surface area contributed by atoms with E-state index in [2.05, 4.69) is 15.4 Å². The first-order chi connectivity index (χ1) is 14.7. The number of nitrogens with zero attached hydrogens (tertiary/aromatic N) is 3. The molecule has 2 heterocycles. The standard InChI is InChI=1S/C22H19FN4O3S/c1-14(15-4-3-5-18(10-15)31(2,29)30)26-22(28)20-11-24-13-21-19(20)12-25-27(21)17-8-6-16(23)7-9-17/h3-14H,1-2H3,(H,26,28). The zero-order valence-corrected chi connectivity index (χ0v) is 17.6. The maximum absolute atomic E-state index is 13.2. The molecule has 158 valence electrons. The number of carbonyl (C=O) groups is 1. The van der Waals surface area contributed by atoms with E-state index in [1.165, 1.54) is 24.4 Å². The van der Waals surface area contributed by atoms with E-state index in [1.54, 1.807) is 54.3 Å². The molecule has 0 radical (unpaired) electrons.